The van der Waals surface area contributed by atoms with Crippen LogP contribution in [0, 0.1) is 0 Å². The van der Waals surface area contributed by atoms with Gasteiger partial charge in [0.1, 0.15) is 6.04 Å². The van der Waals surface area contributed by atoms with Gasteiger partial charge in [-0.2, -0.15) is 0 Å². The molecule has 0 saturated heterocycles. The molecule has 2 rings (SSSR count). The van der Waals surface area contributed by atoms with E-state index in [2.05, 4.69) is 20.8 Å². The third-order valence-electron chi connectivity index (χ3n) is 2.91. The standard InChI is InChI=1S/C11H19N5O2S/c1-3-18-10(17)9(12-2)6-7-19-11-13-14-15-16(11)8-4-5-8/h8-9,12H,3-7H2,1-2H3. The number of tetrazole rings is 1. The maximum atomic E-state index is 11.6. The van der Waals surface area contributed by atoms with E-state index in [-0.39, 0.29) is 12.0 Å². The Balaban J connectivity index is 1.78. The van der Waals surface area contributed by atoms with Gasteiger partial charge in [-0.05, 0) is 43.7 Å². The summed E-state index contributed by atoms with van der Waals surface area (Å²) in [5.74, 6) is 0.574. The molecule has 1 aromatic rings. The third-order valence-corrected chi connectivity index (χ3v) is 3.88. The second-order valence-electron chi connectivity index (χ2n) is 4.37. The molecular formula is C11H19N5O2S. The molecule has 0 radical (unpaired) electrons. The topological polar surface area (TPSA) is 81.9 Å². The van der Waals surface area contributed by atoms with E-state index in [1.807, 2.05) is 11.6 Å². The molecule has 1 aliphatic carbocycles. The smallest absolute Gasteiger partial charge is 0.323 e. The molecule has 0 aromatic carbocycles. The van der Waals surface area contributed by atoms with Crippen molar-refractivity contribution in [3.05, 3.63) is 0 Å². The molecule has 0 bridgehead atoms. The van der Waals surface area contributed by atoms with Crippen LogP contribution in [0.25, 0.3) is 0 Å². The minimum absolute atomic E-state index is 0.201. The lowest BCUT2D eigenvalue weighted by molar-refractivity contribution is -0.145. The van der Waals surface area contributed by atoms with Crippen LogP contribution in [0.2, 0.25) is 0 Å². The monoisotopic (exact) mass is 285 g/mol. The van der Waals surface area contributed by atoms with E-state index in [4.69, 9.17) is 4.74 Å². The van der Waals surface area contributed by atoms with Gasteiger partial charge >= 0.3 is 5.97 Å². The largest absolute Gasteiger partial charge is 0.465 e. The minimum Gasteiger partial charge on any atom is -0.465 e. The Bertz CT molecular complexity index is 421. The van der Waals surface area contributed by atoms with Crippen molar-refractivity contribution < 1.29 is 9.53 Å². The van der Waals surface area contributed by atoms with Crippen LogP contribution in [0.1, 0.15) is 32.2 Å². The number of esters is 1. The molecule has 1 unspecified atom stereocenters. The Hall–Kier alpha value is -1.15. The van der Waals surface area contributed by atoms with E-state index in [0.717, 1.165) is 23.8 Å². The van der Waals surface area contributed by atoms with E-state index in [0.29, 0.717) is 19.1 Å². The lowest BCUT2D eigenvalue weighted by Crippen LogP contribution is -2.36. The zero-order valence-corrected chi connectivity index (χ0v) is 12.0. The number of carbonyl (C=O) groups excluding carboxylic acids is 1. The van der Waals surface area contributed by atoms with Crippen molar-refractivity contribution in [2.24, 2.45) is 0 Å². The SMILES string of the molecule is CCOC(=O)C(CCSc1nnnn1C1CC1)NC. The fourth-order valence-electron chi connectivity index (χ4n) is 1.72. The number of thioether (sulfide) groups is 1. The molecular weight excluding hydrogens is 266 g/mol. The second-order valence-corrected chi connectivity index (χ2v) is 5.43. The highest BCUT2D eigenvalue weighted by atomic mass is 32.2. The van der Waals surface area contributed by atoms with Crippen LogP contribution >= 0.6 is 11.8 Å². The lowest BCUT2D eigenvalue weighted by Gasteiger charge is -2.13. The molecule has 1 fully saturated rings. The Morgan fingerprint density at radius 2 is 2.42 bits per heavy atom. The summed E-state index contributed by atoms with van der Waals surface area (Å²) in [6.07, 6.45) is 3.00. The summed E-state index contributed by atoms with van der Waals surface area (Å²) < 4.78 is 6.88. The Morgan fingerprint density at radius 3 is 3.05 bits per heavy atom. The summed E-state index contributed by atoms with van der Waals surface area (Å²) >= 11 is 1.58. The first-order chi connectivity index (χ1) is 9.26. The zero-order chi connectivity index (χ0) is 13.7. The molecule has 1 heterocycles. The second kappa shape index (κ2) is 6.85. The van der Waals surface area contributed by atoms with Gasteiger partial charge in [0.05, 0.1) is 12.6 Å². The first-order valence-electron chi connectivity index (χ1n) is 6.50. The number of hydrogen-bond donors (Lipinski definition) is 1. The van der Waals surface area contributed by atoms with Crippen LogP contribution in [-0.2, 0) is 9.53 Å². The fourth-order valence-corrected chi connectivity index (χ4v) is 2.67. The third kappa shape index (κ3) is 3.90. The molecule has 106 valence electrons. The van der Waals surface area contributed by atoms with Gasteiger partial charge in [0.15, 0.2) is 0 Å². The molecule has 0 aliphatic heterocycles. The molecule has 1 N–H and O–H groups in total. The van der Waals surface area contributed by atoms with Gasteiger partial charge in [-0.1, -0.05) is 11.8 Å². The quantitative estimate of drug-likeness (QED) is 0.554. The average Bonchev–Trinajstić information content (AvgIpc) is 3.14. The van der Waals surface area contributed by atoms with Crippen LogP contribution in [-0.4, -0.2) is 51.6 Å². The van der Waals surface area contributed by atoms with E-state index in [1.165, 1.54) is 0 Å². The van der Waals surface area contributed by atoms with Gasteiger partial charge in [-0.3, -0.25) is 4.79 Å². The number of nitrogens with zero attached hydrogens (tertiary/aromatic N) is 4. The van der Waals surface area contributed by atoms with Crippen molar-refractivity contribution in [2.75, 3.05) is 19.4 Å². The summed E-state index contributed by atoms with van der Waals surface area (Å²) in [7, 11) is 1.76. The van der Waals surface area contributed by atoms with Crippen LogP contribution in [0.4, 0.5) is 0 Å². The maximum absolute atomic E-state index is 11.6. The Labute approximate surface area is 116 Å². The van der Waals surface area contributed by atoms with Crippen LogP contribution in [0.3, 0.4) is 0 Å². The predicted molar refractivity (Wildman–Crippen MR) is 70.9 cm³/mol. The van der Waals surface area contributed by atoms with E-state index in [1.54, 1.807) is 18.8 Å². The molecule has 1 aliphatic rings. The van der Waals surface area contributed by atoms with Gasteiger partial charge in [0.25, 0.3) is 0 Å². The number of carbonyl (C=O) groups is 1. The molecule has 1 atom stereocenters. The summed E-state index contributed by atoms with van der Waals surface area (Å²) in [6.45, 7) is 2.22. The average molecular weight is 285 g/mol. The summed E-state index contributed by atoms with van der Waals surface area (Å²) in [6, 6.07) is 0.209. The van der Waals surface area contributed by atoms with Crippen molar-refractivity contribution >= 4 is 17.7 Å². The van der Waals surface area contributed by atoms with E-state index < -0.39 is 0 Å². The van der Waals surface area contributed by atoms with Crippen LogP contribution < -0.4 is 5.32 Å². The summed E-state index contributed by atoms with van der Waals surface area (Å²) in [4.78, 5) is 11.6. The number of aromatic nitrogens is 4. The number of ether oxygens (including phenoxy) is 1. The van der Waals surface area contributed by atoms with Crippen molar-refractivity contribution in [3.8, 4) is 0 Å². The maximum Gasteiger partial charge on any atom is 0.323 e. The minimum atomic E-state index is -0.266. The number of nitrogens with one attached hydrogen (secondary N) is 1. The molecule has 1 saturated carbocycles. The van der Waals surface area contributed by atoms with Crippen LogP contribution in [0.15, 0.2) is 5.16 Å². The molecule has 0 amide bonds. The van der Waals surface area contributed by atoms with Gasteiger partial charge in [0, 0.05) is 5.75 Å². The van der Waals surface area contributed by atoms with Gasteiger partial charge in [-0.25, -0.2) is 4.68 Å². The summed E-state index contributed by atoms with van der Waals surface area (Å²) in [5, 5.41) is 15.5. The lowest BCUT2D eigenvalue weighted by atomic mass is 10.2. The predicted octanol–water partition coefficient (Wildman–Crippen LogP) is 0.641. The van der Waals surface area contributed by atoms with Crippen molar-refractivity contribution in [1.29, 1.82) is 0 Å². The van der Waals surface area contributed by atoms with Crippen molar-refractivity contribution in [1.82, 2.24) is 25.5 Å². The molecule has 8 heteroatoms. The van der Waals surface area contributed by atoms with Gasteiger partial charge in [0.2, 0.25) is 5.16 Å². The highest BCUT2D eigenvalue weighted by molar-refractivity contribution is 7.99. The molecule has 19 heavy (non-hydrogen) atoms. The van der Waals surface area contributed by atoms with Gasteiger partial charge < -0.3 is 10.1 Å². The zero-order valence-electron chi connectivity index (χ0n) is 11.2. The van der Waals surface area contributed by atoms with E-state index in [9.17, 15) is 4.79 Å². The fraction of sp³-hybridized carbons (Fsp3) is 0.818. The first kappa shape index (κ1) is 14.3. The number of hydrogen-bond acceptors (Lipinski definition) is 7. The normalized spacial score (nSPS) is 16.3. The Kier molecular flexibility index (Phi) is 5.15. The van der Waals surface area contributed by atoms with Crippen molar-refractivity contribution in [2.45, 2.75) is 43.4 Å². The molecule has 1 aromatic heterocycles. The highest BCUT2D eigenvalue weighted by Gasteiger charge is 2.28. The van der Waals surface area contributed by atoms with E-state index >= 15 is 0 Å². The Morgan fingerprint density at radius 1 is 1.63 bits per heavy atom. The molecule has 7 nitrogen and oxygen atoms in total. The molecule has 0 spiro atoms. The van der Waals surface area contributed by atoms with Crippen LogP contribution in [0.5, 0.6) is 0 Å². The van der Waals surface area contributed by atoms with Gasteiger partial charge in [-0.15, -0.1) is 5.10 Å². The summed E-state index contributed by atoms with van der Waals surface area (Å²) in [5.41, 5.74) is 0. The highest BCUT2D eigenvalue weighted by Crippen LogP contribution is 2.36. The number of rotatable bonds is 8. The van der Waals surface area contributed by atoms with Crippen molar-refractivity contribution in [3.63, 3.8) is 0 Å². The number of likely N-dealkylation sites (N-methyl/N-ethyl adjacent to an activating group) is 1. The first-order valence-corrected chi connectivity index (χ1v) is 7.49.